The first-order valence-electron chi connectivity index (χ1n) is 8.43. The van der Waals surface area contributed by atoms with Crippen LogP contribution in [-0.2, 0) is 6.42 Å². The summed E-state index contributed by atoms with van der Waals surface area (Å²) in [5.41, 5.74) is -0.0491. The van der Waals surface area contributed by atoms with Gasteiger partial charge in [0, 0.05) is 12.6 Å². The summed E-state index contributed by atoms with van der Waals surface area (Å²) in [4.78, 5) is 0. The van der Waals surface area contributed by atoms with Crippen LogP contribution in [0.25, 0.3) is 0 Å². The Hall–Kier alpha value is -0.870. The number of aliphatic hydroxyl groups is 2. The largest absolute Gasteiger partial charge is 0.390 e. The minimum atomic E-state index is -0.925. The molecule has 0 aliphatic heterocycles. The second kappa shape index (κ2) is 6.93. The summed E-state index contributed by atoms with van der Waals surface area (Å²) in [5, 5.41) is 25.7. The van der Waals surface area contributed by atoms with E-state index in [2.05, 4.69) is 25.9 Å². The van der Waals surface area contributed by atoms with E-state index in [-0.39, 0.29) is 0 Å². The van der Waals surface area contributed by atoms with Crippen LogP contribution in [0.15, 0.2) is 12.3 Å². The van der Waals surface area contributed by atoms with Crippen LogP contribution >= 0.6 is 0 Å². The second-order valence-corrected chi connectivity index (χ2v) is 6.76. The quantitative estimate of drug-likeness (QED) is 0.847. The van der Waals surface area contributed by atoms with E-state index < -0.39 is 11.7 Å². The van der Waals surface area contributed by atoms with Crippen LogP contribution < -0.4 is 0 Å². The van der Waals surface area contributed by atoms with Gasteiger partial charge in [-0.2, -0.15) is 5.10 Å². The molecular formula is C17H30N2O2. The highest BCUT2D eigenvalue weighted by atomic mass is 16.3. The third-order valence-electron chi connectivity index (χ3n) is 5.14. The Kier molecular flexibility index (Phi) is 5.44. The third-order valence-corrected chi connectivity index (χ3v) is 5.14. The summed E-state index contributed by atoms with van der Waals surface area (Å²) in [6.45, 7) is 6.54. The average molecular weight is 294 g/mol. The lowest BCUT2D eigenvalue weighted by molar-refractivity contribution is -0.102. The summed E-state index contributed by atoms with van der Waals surface area (Å²) in [6.07, 6.45) is 7.22. The molecule has 0 bridgehead atoms. The number of aromatic nitrogens is 2. The van der Waals surface area contributed by atoms with Gasteiger partial charge in [-0.1, -0.05) is 20.8 Å². The molecule has 0 radical (unpaired) electrons. The summed E-state index contributed by atoms with van der Waals surface area (Å²) in [7, 11) is 0. The zero-order chi connectivity index (χ0) is 15.5. The predicted octanol–water partition coefficient (Wildman–Crippen LogP) is 3.09. The lowest BCUT2D eigenvalue weighted by atomic mass is 9.75. The Labute approximate surface area is 128 Å². The molecule has 0 aromatic carbocycles. The molecule has 1 aliphatic carbocycles. The molecule has 1 atom stereocenters. The molecule has 4 heteroatoms. The standard InChI is InChI=1S/C17H30N2O2/c1-4-15(5-2)19-11-8-14(18-19)12-16(20)17(21)9-6-13(3)7-10-17/h8,11,13,15-16,20-21H,4-7,9-10,12H2,1-3H3. The van der Waals surface area contributed by atoms with Crippen molar-refractivity contribution < 1.29 is 10.2 Å². The normalized spacial score (nSPS) is 28.0. The summed E-state index contributed by atoms with van der Waals surface area (Å²) in [6, 6.07) is 2.39. The Bertz CT molecular complexity index is 432. The number of aliphatic hydroxyl groups excluding tert-OH is 1. The predicted molar refractivity (Wildman–Crippen MR) is 84.1 cm³/mol. The van der Waals surface area contributed by atoms with E-state index >= 15 is 0 Å². The highest BCUT2D eigenvalue weighted by Crippen LogP contribution is 2.35. The van der Waals surface area contributed by atoms with Gasteiger partial charge in [0.15, 0.2) is 0 Å². The van der Waals surface area contributed by atoms with Gasteiger partial charge < -0.3 is 10.2 Å². The number of hydrogen-bond acceptors (Lipinski definition) is 3. The topological polar surface area (TPSA) is 58.3 Å². The van der Waals surface area contributed by atoms with Crippen LogP contribution in [0.1, 0.15) is 71.0 Å². The van der Waals surface area contributed by atoms with E-state index in [1.54, 1.807) is 0 Å². The molecule has 2 rings (SSSR count). The van der Waals surface area contributed by atoms with E-state index in [4.69, 9.17) is 0 Å². The fraction of sp³-hybridized carbons (Fsp3) is 0.824. The molecular weight excluding hydrogens is 264 g/mol. The fourth-order valence-corrected chi connectivity index (χ4v) is 3.34. The number of nitrogens with zero attached hydrogens (tertiary/aromatic N) is 2. The van der Waals surface area contributed by atoms with Gasteiger partial charge >= 0.3 is 0 Å². The molecule has 1 fully saturated rings. The molecule has 21 heavy (non-hydrogen) atoms. The zero-order valence-electron chi connectivity index (χ0n) is 13.6. The van der Waals surface area contributed by atoms with E-state index in [0.717, 1.165) is 31.4 Å². The maximum atomic E-state index is 10.6. The Balaban J connectivity index is 1.98. The van der Waals surface area contributed by atoms with Crippen molar-refractivity contribution >= 4 is 0 Å². The second-order valence-electron chi connectivity index (χ2n) is 6.76. The first kappa shape index (κ1) is 16.5. The molecule has 0 saturated heterocycles. The van der Waals surface area contributed by atoms with Crippen molar-refractivity contribution in [2.45, 2.75) is 83.5 Å². The first-order valence-corrected chi connectivity index (χ1v) is 8.43. The van der Waals surface area contributed by atoms with Crippen molar-refractivity contribution in [1.29, 1.82) is 0 Å². The molecule has 1 aromatic heterocycles. The van der Waals surface area contributed by atoms with Gasteiger partial charge in [-0.25, -0.2) is 0 Å². The third kappa shape index (κ3) is 3.86. The number of rotatable bonds is 6. The van der Waals surface area contributed by atoms with E-state index in [0.29, 0.717) is 31.2 Å². The molecule has 1 aromatic rings. The van der Waals surface area contributed by atoms with Gasteiger partial charge in [-0.15, -0.1) is 0 Å². The maximum Gasteiger partial charge on any atom is 0.0909 e. The lowest BCUT2D eigenvalue weighted by Crippen LogP contribution is -2.46. The highest BCUT2D eigenvalue weighted by molar-refractivity contribution is 5.05. The lowest BCUT2D eigenvalue weighted by Gasteiger charge is -2.38. The van der Waals surface area contributed by atoms with Gasteiger partial charge in [0.05, 0.1) is 23.4 Å². The smallest absolute Gasteiger partial charge is 0.0909 e. The molecule has 1 heterocycles. The zero-order valence-corrected chi connectivity index (χ0v) is 13.6. The summed E-state index contributed by atoms with van der Waals surface area (Å²) >= 11 is 0. The van der Waals surface area contributed by atoms with Crippen molar-refractivity contribution in [2.75, 3.05) is 0 Å². The van der Waals surface area contributed by atoms with Crippen LogP contribution in [-0.4, -0.2) is 31.7 Å². The molecule has 1 unspecified atom stereocenters. The average Bonchev–Trinajstić information content (AvgIpc) is 2.92. The monoisotopic (exact) mass is 294 g/mol. The van der Waals surface area contributed by atoms with E-state index in [1.807, 2.05) is 16.9 Å². The Morgan fingerprint density at radius 1 is 1.33 bits per heavy atom. The Morgan fingerprint density at radius 3 is 2.52 bits per heavy atom. The molecule has 1 saturated carbocycles. The van der Waals surface area contributed by atoms with E-state index in [9.17, 15) is 10.2 Å². The van der Waals surface area contributed by atoms with Gasteiger partial charge in [-0.3, -0.25) is 4.68 Å². The van der Waals surface area contributed by atoms with Crippen LogP contribution in [0.3, 0.4) is 0 Å². The molecule has 2 N–H and O–H groups in total. The van der Waals surface area contributed by atoms with Crippen LogP contribution in [0.5, 0.6) is 0 Å². The van der Waals surface area contributed by atoms with Gasteiger partial charge in [0.2, 0.25) is 0 Å². The van der Waals surface area contributed by atoms with Crippen LogP contribution in [0.4, 0.5) is 0 Å². The minimum Gasteiger partial charge on any atom is -0.390 e. The molecule has 0 spiro atoms. The van der Waals surface area contributed by atoms with Gasteiger partial charge in [0.1, 0.15) is 0 Å². The first-order chi connectivity index (χ1) is 9.98. The van der Waals surface area contributed by atoms with Gasteiger partial charge in [0.25, 0.3) is 0 Å². The summed E-state index contributed by atoms with van der Waals surface area (Å²) < 4.78 is 2.00. The molecule has 4 nitrogen and oxygen atoms in total. The maximum absolute atomic E-state index is 10.6. The molecule has 0 amide bonds. The van der Waals surface area contributed by atoms with Crippen molar-refractivity contribution in [1.82, 2.24) is 9.78 Å². The van der Waals surface area contributed by atoms with Crippen LogP contribution in [0, 0.1) is 5.92 Å². The molecule has 1 aliphatic rings. The molecule has 120 valence electrons. The van der Waals surface area contributed by atoms with Crippen LogP contribution in [0.2, 0.25) is 0 Å². The SMILES string of the molecule is CCC(CC)n1ccc(CC(O)C2(O)CCC(C)CC2)n1. The van der Waals surface area contributed by atoms with Crippen molar-refractivity contribution in [3.8, 4) is 0 Å². The number of hydrogen-bond donors (Lipinski definition) is 2. The van der Waals surface area contributed by atoms with Crippen molar-refractivity contribution in [3.05, 3.63) is 18.0 Å². The van der Waals surface area contributed by atoms with Crippen molar-refractivity contribution in [3.63, 3.8) is 0 Å². The van der Waals surface area contributed by atoms with Gasteiger partial charge in [-0.05, 0) is 50.5 Å². The summed E-state index contributed by atoms with van der Waals surface area (Å²) in [5.74, 6) is 0.659. The highest BCUT2D eigenvalue weighted by Gasteiger charge is 2.38. The van der Waals surface area contributed by atoms with Crippen molar-refractivity contribution in [2.24, 2.45) is 5.92 Å². The van der Waals surface area contributed by atoms with E-state index in [1.165, 1.54) is 0 Å². The fourth-order valence-electron chi connectivity index (χ4n) is 3.34. The Morgan fingerprint density at radius 2 is 1.95 bits per heavy atom. The minimum absolute atomic E-state index is 0.425.